The van der Waals surface area contributed by atoms with Crippen LogP contribution in [0.4, 0.5) is 0 Å². The lowest BCUT2D eigenvalue weighted by Crippen LogP contribution is -0.569. The molecule has 0 aromatic heterocycles. The van der Waals surface area contributed by atoms with Gasteiger partial charge in [0.15, 0.2) is 0 Å². The second kappa shape index (κ2) is 426. The van der Waals surface area contributed by atoms with E-state index < -0.39 is 0 Å². The lowest BCUT2D eigenvalue weighted by atomic mass is 11.9. The van der Waals surface area contributed by atoms with Gasteiger partial charge in [0.05, 0.1) is 0 Å². The third kappa shape index (κ3) is 257. The third-order valence-electron chi connectivity index (χ3n) is 0. The number of hydrogen-bond donors (Lipinski definition) is 0. The molecule has 0 N–H and O–H groups in total. The van der Waals surface area contributed by atoms with Gasteiger partial charge in [0, 0.05) is 6.57 Å². The smallest absolute Gasteiger partial charge is 0.0462 e. The van der Waals surface area contributed by atoms with Crippen molar-refractivity contribution in [3.63, 3.8) is 0 Å². The summed E-state index contributed by atoms with van der Waals surface area (Å²) in [5, 5.41) is 6.50. The number of rotatable bonds is 0. The van der Waals surface area contributed by atoms with Crippen LogP contribution in [0.2, 0.25) is 0 Å². The van der Waals surface area contributed by atoms with Crippen molar-refractivity contribution in [1.29, 1.82) is 5.26 Å². The Balaban J connectivity index is -0.000000000500. The average Bonchev–Trinajstić information content (AvgIpc) is 1.00. The predicted octanol–water partition coefficient (Wildman–Crippen LogP) is 3.32. The van der Waals surface area contributed by atoms with Gasteiger partial charge in [-0.15, -0.1) is 0 Å². The third-order valence-corrected chi connectivity index (χ3v) is 0. The first-order valence-corrected chi connectivity index (χ1v) is 0.258. The summed E-state index contributed by atoms with van der Waals surface area (Å²) in [5.41, 5.74) is 0. The molecule has 7 heavy (non-hydrogen) atoms. The zero-order chi connectivity index (χ0) is 2.00. The second-order valence-corrected chi connectivity index (χ2v) is 0. The molecule has 0 aliphatic rings. The Kier molecular flexibility index (Phi) is 49500. The summed E-state index contributed by atoms with van der Waals surface area (Å²) in [5.74, 6) is 0. The molecule has 0 amide bonds. The van der Waals surface area contributed by atoms with E-state index >= 15 is 0 Å². The molecule has 0 unspecified atom stereocenters. The maximum atomic E-state index is 6.50. The van der Waals surface area contributed by atoms with Crippen LogP contribution in [0.5, 0.6) is 0 Å². The molecular formula is C6H21N. The summed E-state index contributed by atoms with van der Waals surface area (Å²) < 4.78 is 0. The summed E-state index contributed by atoms with van der Waals surface area (Å²) in [6.45, 7) is 3.50. The Morgan fingerprint density at radius 2 is 0.571 bits per heavy atom. The molecule has 0 aliphatic carbocycles. The lowest BCUT2D eigenvalue weighted by Gasteiger charge is -0.668. The van der Waals surface area contributed by atoms with Gasteiger partial charge in [-0.3, -0.25) is 0 Å². The topological polar surface area (TPSA) is 23.8 Å². The molecule has 0 atom stereocenters. The summed E-state index contributed by atoms with van der Waals surface area (Å²) in [6, 6.07) is 0. The van der Waals surface area contributed by atoms with Crippen molar-refractivity contribution in [2.45, 2.75) is 37.1 Å². The maximum absolute atomic E-state index is 6.50. The predicted molar refractivity (Wildman–Crippen MR) is 40.3 cm³/mol. The molecule has 0 aliphatic heterocycles. The van der Waals surface area contributed by atoms with E-state index in [1.807, 2.05) is 0 Å². The van der Waals surface area contributed by atoms with Crippen LogP contribution in [0.25, 0.3) is 0 Å². The average molecular weight is 107 g/mol. The Hall–Kier alpha value is -0.510. The summed E-state index contributed by atoms with van der Waals surface area (Å²) >= 11 is 0. The molecule has 1 heteroatoms. The Morgan fingerprint density at radius 1 is 0.571 bits per heavy atom. The fourth-order valence-electron chi connectivity index (χ4n) is 0. The molecule has 0 rings (SSSR count). The van der Waals surface area contributed by atoms with Crippen molar-refractivity contribution in [1.82, 2.24) is 0 Å². The molecule has 1 nitrogen and oxygen atoms in total. The van der Waals surface area contributed by atoms with E-state index in [1.165, 1.54) is 0 Å². The number of hydrogen-bond acceptors (Lipinski definition) is 1. The van der Waals surface area contributed by atoms with Crippen molar-refractivity contribution in [3.05, 3.63) is 0 Å². The molecule has 0 saturated carbocycles. The standard InChI is InChI=1S/CHN.5CH4/c1-2;;;;;/h1H;5*1H4. The first kappa shape index (κ1) is 815. The Bertz CT molecular complexity index is 8.90. The van der Waals surface area contributed by atoms with E-state index in [4.69, 9.17) is 5.26 Å². The van der Waals surface area contributed by atoms with Crippen LogP contribution in [-0.4, -0.2) is 0 Å². The van der Waals surface area contributed by atoms with Crippen molar-refractivity contribution >= 4 is 0 Å². The molecule has 0 bridgehead atoms. The first-order valence-electron chi connectivity index (χ1n) is 0.258. The van der Waals surface area contributed by atoms with Gasteiger partial charge in [0.25, 0.3) is 0 Å². The highest BCUT2D eigenvalue weighted by Crippen LogP contribution is 0.586. The number of nitrogens with zero attached hydrogens (tertiary/aromatic N) is 1. The fraction of sp³-hybridized carbons (Fsp3) is 0.833. The first-order chi connectivity index (χ1) is 1.00. The van der Waals surface area contributed by atoms with Gasteiger partial charge in [-0.05, 0) is 0 Å². The van der Waals surface area contributed by atoms with Gasteiger partial charge < -0.3 is 0 Å². The molecule has 0 spiro atoms. The quantitative estimate of drug-likeness (QED) is 0.466. The minimum Gasteiger partial charge on any atom is -0.202 e. The van der Waals surface area contributed by atoms with E-state index in [9.17, 15) is 0 Å². The largest absolute Gasteiger partial charge is 0.202 e. The van der Waals surface area contributed by atoms with Gasteiger partial charge in [-0.25, -0.2) is 5.26 Å². The van der Waals surface area contributed by atoms with Crippen molar-refractivity contribution < 1.29 is 0 Å². The van der Waals surface area contributed by atoms with E-state index in [0.29, 0.717) is 0 Å². The lowest BCUT2D eigenvalue weighted by molar-refractivity contribution is 1.58. The van der Waals surface area contributed by atoms with Crippen LogP contribution in [0, 0.1) is 11.8 Å². The van der Waals surface area contributed by atoms with E-state index in [2.05, 4.69) is 6.57 Å². The van der Waals surface area contributed by atoms with Gasteiger partial charge in [0.2, 0.25) is 0 Å². The Morgan fingerprint density at radius 3 is 0.571 bits per heavy atom. The van der Waals surface area contributed by atoms with Crippen LogP contribution < -0.4 is 0 Å². The fourth-order valence-corrected chi connectivity index (χ4v) is 0. The van der Waals surface area contributed by atoms with Crippen molar-refractivity contribution in [2.24, 2.45) is 0 Å². The van der Waals surface area contributed by atoms with Gasteiger partial charge in [-0.2, -0.15) is 0 Å². The zero-order valence-electron chi connectivity index (χ0n) is 1.02. The highest BCUT2D eigenvalue weighted by atomic mass is 14.2. The Labute approximate surface area is 50.0 Å². The van der Waals surface area contributed by atoms with Crippen molar-refractivity contribution in [2.75, 3.05) is 0 Å². The summed E-state index contributed by atoms with van der Waals surface area (Å²) in [7, 11) is 0. The van der Waals surface area contributed by atoms with Crippen molar-refractivity contribution in [3.8, 4) is 6.57 Å². The highest BCUT2D eigenvalue weighted by molar-refractivity contribution is 4.03. The highest BCUT2D eigenvalue weighted by Gasteiger charge is 0.513. The SMILES string of the molecule is C.C.C.C.C.C#N. The zero-order valence-corrected chi connectivity index (χ0v) is 1.02. The molecule has 0 fully saturated rings. The van der Waals surface area contributed by atoms with Crippen LogP contribution in [-0.2, 0) is 0 Å². The van der Waals surface area contributed by atoms with Crippen LogP contribution in [0.15, 0.2) is 0 Å². The second-order valence-electron chi connectivity index (χ2n) is 0. The molecule has 0 aromatic carbocycles. The molecule has 0 aromatic rings. The summed E-state index contributed by atoms with van der Waals surface area (Å²) in [4.78, 5) is 0. The van der Waals surface area contributed by atoms with Gasteiger partial charge in [0.1, 0.15) is 0 Å². The van der Waals surface area contributed by atoms with Gasteiger partial charge in [-0.1, -0.05) is 37.1 Å². The maximum Gasteiger partial charge on any atom is 0.0462 e. The molecule has 0 saturated heterocycles. The van der Waals surface area contributed by atoms with Gasteiger partial charge >= 0.3 is 0 Å². The summed E-state index contributed by atoms with van der Waals surface area (Å²) in [6.07, 6.45) is 0. The minimum absolute atomic E-state index is 0. The molecule has 50 valence electrons. The molecular weight excluding hydrogens is 86.1 g/mol. The van der Waals surface area contributed by atoms with E-state index in [0.717, 1.165) is 0 Å². The molecule has 0 heterocycles. The van der Waals surface area contributed by atoms with E-state index in [-0.39, 0.29) is 37.1 Å². The number of nitriles is 1. The van der Waals surface area contributed by atoms with Crippen LogP contribution >= 0.6 is 0 Å². The monoisotopic (exact) mass is 107 g/mol. The van der Waals surface area contributed by atoms with Crippen LogP contribution in [0.1, 0.15) is 37.1 Å². The van der Waals surface area contributed by atoms with Crippen LogP contribution in [0.3, 0.4) is 0 Å². The minimum atomic E-state index is 0. The van der Waals surface area contributed by atoms with E-state index in [1.54, 1.807) is 0 Å². The normalized spacial score (nSPS) is 0.286. The molecule has 0 radical (unpaired) electrons.